The number of hydrogen-bond donors (Lipinski definition) is 2. The molecule has 96 valence electrons. The predicted octanol–water partition coefficient (Wildman–Crippen LogP) is 3.48. The Labute approximate surface area is 115 Å². The minimum absolute atomic E-state index is 0.423. The Balaban J connectivity index is 1.54. The molecule has 0 bridgehead atoms. The second-order valence-electron chi connectivity index (χ2n) is 4.96. The third-order valence-electron chi connectivity index (χ3n) is 3.50. The van der Waals surface area contributed by atoms with E-state index >= 15 is 0 Å². The Morgan fingerprint density at radius 2 is 2.22 bits per heavy atom. The molecule has 2 N–H and O–H groups in total. The third kappa shape index (κ3) is 2.67. The maximum Gasteiger partial charge on any atom is 0.0771 e. The van der Waals surface area contributed by atoms with Crippen molar-refractivity contribution in [2.75, 3.05) is 6.54 Å². The molecule has 3 rings (SSSR count). The minimum atomic E-state index is -0.423. The van der Waals surface area contributed by atoms with E-state index in [1.807, 2.05) is 0 Å². The van der Waals surface area contributed by atoms with Crippen LogP contribution >= 0.6 is 22.7 Å². The Morgan fingerprint density at radius 3 is 2.89 bits per heavy atom. The van der Waals surface area contributed by atoms with Crippen molar-refractivity contribution in [2.24, 2.45) is 0 Å². The van der Waals surface area contributed by atoms with Gasteiger partial charge in [0.15, 0.2) is 0 Å². The first-order valence-corrected chi connectivity index (χ1v) is 8.06. The highest BCUT2D eigenvalue weighted by atomic mass is 32.1. The second kappa shape index (κ2) is 5.13. The van der Waals surface area contributed by atoms with Gasteiger partial charge in [-0.25, -0.2) is 0 Å². The van der Waals surface area contributed by atoms with Crippen LogP contribution < -0.4 is 5.32 Å². The summed E-state index contributed by atoms with van der Waals surface area (Å²) in [4.78, 5) is 2.66. The molecule has 2 nitrogen and oxygen atoms in total. The SMILES string of the molecule is OC1(CNCc2cc(-c3cccs3)cs2)CCC1. The molecule has 0 amide bonds. The molecule has 2 heterocycles. The zero-order chi connectivity index (χ0) is 12.4. The van der Waals surface area contributed by atoms with Gasteiger partial charge in [0.1, 0.15) is 0 Å². The van der Waals surface area contributed by atoms with E-state index in [2.05, 4.69) is 34.3 Å². The molecule has 0 aliphatic heterocycles. The van der Waals surface area contributed by atoms with Crippen LogP contribution in [0.4, 0.5) is 0 Å². The van der Waals surface area contributed by atoms with E-state index in [1.165, 1.54) is 21.7 Å². The molecule has 0 spiro atoms. The molecule has 1 fully saturated rings. The standard InChI is InChI=1S/C14H17NOS2/c16-14(4-2-5-14)10-15-8-12-7-11(9-18-12)13-3-1-6-17-13/h1,3,6-7,9,15-16H,2,4-5,8,10H2. The van der Waals surface area contributed by atoms with Crippen molar-refractivity contribution in [2.45, 2.75) is 31.4 Å². The summed E-state index contributed by atoms with van der Waals surface area (Å²) in [6.07, 6.45) is 3.06. The van der Waals surface area contributed by atoms with Crippen LogP contribution in [0.3, 0.4) is 0 Å². The summed E-state index contributed by atoms with van der Waals surface area (Å²) in [7, 11) is 0. The highest BCUT2D eigenvalue weighted by molar-refractivity contribution is 7.14. The lowest BCUT2D eigenvalue weighted by Crippen LogP contribution is -2.45. The first kappa shape index (κ1) is 12.4. The average Bonchev–Trinajstić information content (AvgIpc) is 2.96. The van der Waals surface area contributed by atoms with Gasteiger partial charge in [-0.05, 0) is 42.2 Å². The largest absolute Gasteiger partial charge is 0.389 e. The smallest absolute Gasteiger partial charge is 0.0771 e. The van der Waals surface area contributed by atoms with Crippen molar-refractivity contribution >= 4 is 22.7 Å². The molecule has 4 heteroatoms. The van der Waals surface area contributed by atoms with Gasteiger partial charge < -0.3 is 10.4 Å². The lowest BCUT2D eigenvalue weighted by molar-refractivity contribution is -0.0314. The number of thiophene rings is 2. The van der Waals surface area contributed by atoms with Gasteiger partial charge >= 0.3 is 0 Å². The summed E-state index contributed by atoms with van der Waals surface area (Å²) in [6, 6.07) is 6.48. The topological polar surface area (TPSA) is 32.3 Å². The van der Waals surface area contributed by atoms with Gasteiger partial charge in [0, 0.05) is 28.4 Å². The summed E-state index contributed by atoms with van der Waals surface area (Å²) in [6.45, 7) is 1.58. The fraction of sp³-hybridized carbons (Fsp3) is 0.429. The lowest BCUT2D eigenvalue weighted by Gasteiger charge is -2.36. The molecule has 1 aliphatic carbocycles. The predicted molar refractivity (Wildman–Crippen MR) is 78.1 cm³/mol. The number of aliphatic hydroxyl groups is 1. The molecule has 18 heavy (non-hydrogen) atoms. The van der Waals surface area contributed by atoms with Crippen LogP contribution in [0.5, 0.6) is 0 Å². The van der Waals surface area contributed by atoms with Crippen molar-refractivity contribution < 1.29 is 5.11 Å². The van der Waals surface area contributed by atoms with Crippen LogP contribution in [0.2, 0.25) is 0 Å². The van der Waals surface area contributed by atoms with Crippen LogP contribution in [-0.2, 0) is 6.54 Å². The van der Waals surface area contributed by atoms with Gasteiger partial charge in [0.2, 0.25) is 0 Å². The normalized spacial score (nSPS) is 17.6. The van der Waals surface area contributed by atoms with Gasteiger partial charge in [-0.1, -0.05) is 6.07 Å². The monoisotopic (exact) mass is 279 g/mol. The molecule has 0 radical (unpaired) electrons. The molecule has 2 aromatic rings. The highest BCUT2D eigenvalue weighted by Crippen LogP contribution is 2.31. The van der Waals surface area contributed by atoms with Crippen molar-refractivity contribution in [3.05, 3.63) is 33.8 Å². The molecule has 0 aromatic carbocycles. The highest BCUT2D eigenvalue weighted by Gasteiger charge is 2.33. The lowest BCUT2D eigenvalue weighted by atomic mass is 9.80. The number of hydrogen-bond acceptors (Lipinski definition) is 4. The molecule has 0 atom stereocenters. The fourth-order valence-corrected chi connectivity index (χ4v) is 3.87. The summed E-state index contributed by atoms with van der Waals surface area (Å²) in [5.74, 6) is 0. The Hall–Kier alpha value is -0.680. The first-order valence-electron chi connectivity index (χ1n) is 6.30. The maximum absolute atomic E-state index is 9.99. The summed E-state index contributed by atoms with van der Waals surface area (Å²) >= 11 is 3.56. The van der Waals surface area contributed by atoms with E-state index in [0.29, 0.717) is 0 Å². The summed E-state index contributed by atoms with van der Waals surface area (Å²) < 4.78 is 0. The van der Waals surface area contributed by atoms with E-state index in [9.17, 15) is 5.11 Å². The van der Waals surface area contributed by atoms with Crippen LogP contribution in [0.1, 0.15) is 24.1 Å². The fourth-order valence-electron chi connectivity index (χ4n) is 2.23. The molecule has 1 aliphatic rings. The van der Waals surface area contributed by atoms with E-state index in [-0.39, 0.29) is 0 Å². The van der Waals surface area contributed by atoms with Crippen LogP contribution in [0, 0.1) is 0 Å². The molecular formula is C14H17NOS2. The molecule has 1 saturated carbocycles. The molecule has 2 aromatic heterocycles. The van der Waals surface area contributed by atoms with Crippen molar-refractivity contribution in [1.82, 2.24) is 5.32 Å². The van der Waals surface area contributed by atoms with Crippen molar-refractivity contribution in [1.29, 1.82) is 0 Å². The number of rotatable bonds is 5. The molecular weight excluding hydrogens is 262 g/mol. The zero-order valence-corrected chi connectivity index (χ0v) is 11.8. The van der Waals surface area contributed by atoms with Crippen LogP contribution in [0.15, 0.2) is 29.0 Å². The van der Waals surface area contributed by atoms with E-state index in [1.54, 1.807) is 22.7 Å². The Bertz CT molecular complexity index is 500. The zero-order valence-electron chi connectivity index (χ0n) is 10.2. The van der Waals surface area contributed by atoms with Gasteiger partial charge in [-0.15, -0.1) is 22.7 Å². The van der Waals surface area contributed by atoms with E-state index in [0.717, 1.165) is 25.9 Å². The Morgan fingerprint density at radius 1 is 1.33 bits per heavy atom. The van der Waals surface area contributed by atoms with Gasteiger partial charge in [0.05, 0.1) is 5.60 Å². The third-order valence-corrected chi connectivity index (χ3v) is 5.35. The molecule has 0 unspecified atom stereocenters. The van der Waals surface area contributed by atoms with Crippen LogP contribution in [-0.4, -0.2) is 17.3 Å². The molecule has 0 saturated heterocycles. The first-order chi connectivity index (χ1) is 8.75. The summed E-state index contributed by atoms with van der Waals surface area (Å²) in [5, 5.41) is 17.7. The van der Waals surface area contributed by atoms with E-state index < -0.39 is 5.60 Å². The van der Waals surface area contributed by atoms with Crippen molar-refractivity contribution in [3.8, 4) is 10.4 Å². The average molecular weight is 279 g/mol. The second-order valence-corrected chi connectivity index (χ2v) is 6.90. The van der Waals surface area contributed by atoms with Crippen molar-refractivity contribution in [3.63, 3.8) is 0 Å². The quantitative estimate of drug-likeness (QED) is 0.878. The maximum atomic E-state index is 9.99. The minimum Gasteiger partial charge on any atom is -0.389 e. The number of nitrogens with one attached hydrogen (secondary N) is 1. The van der Waals surface area contributed by atoms with E-state index in [4.69, 9.17) is 0 Å². The van der Waals surface area contributed by atoms with Gasteiger partial charge in [0.25, 0.3) is 0 Å². The Kier molecular flexibility index (Phi) is 3.52. The summed E-state index contributed by atoms with van der Waals surface area (Å²) in [5.41, 5.74) is 0.891. The van der Waals surface area contributed by atoms with Crippen LogP contribution in [0.25, 0.3) is 10.4 Å². The van der Waals surface area contributed by atoms with Gasteiger partial charge in [-0.2, -0.15) is 0 Å². The van der Waals surface area contributed by atoms with Gasteiger partial charge in [-0.3, -0.25) is 0 Å².